The van der Waals surface area contributed by atoms with Crippen LogP contribution in [0.3, 0.4) is 0 Å². The predicted molar refractivity (Wildman–Crippen MR) is 55.8 cm³/mol. The van der Waals surface area contributed by atoms with Gasteiger partial charge in [0, 0.05) is 17.4 Å². The molecule has 0 bridgehead atoms. The topological polar surface area (TPSA) is 51.8 Å². The number of anilines is 1. The second kappa shape index (κ2) is 3.10. The van der Waals surface area contributed by atoms with Gasteiger partial charge in [-0.2, -0.15) is 0 Å². The Morgan fingerprint density at radius 1 is 1.12 bits per heavy atom. The minimum atomic E-state index is -0.929. The summed E-state index contributed by atoms with van der Waals surface area (Å²) < 4.78 is 26.1. The normalized spacial score (nSPS) is 15.6. The highest BCUT2D eigenvalue weighted by Gasteiger charge is 2.27. The molecule has 3 nitrogen and oxygen atoms in total. The van der Waals surface area contributed by atoms with Crippen molar-refractivity contribution in [3.63, 3.8) is 0 Å². The molecule has 1 aromatic heterocycles. The molecule has 0 unspecified atom stereocenters. The van der Waals surface area contributed by atoms with Crippen LogP contribution in [0.5, 0.6) is 0 Å². The Labute approximate surface area is 90.3 Å². The molecule has 2 aromatic rings. The zero-order chi connectivity index (χ0) is 11.3. The highest BCUT2D eigenvalue weighted by molar-refractivity contribution is 5.88. The Kier molecular flexibility index (Phi) is 1.83. The Morgan fingerprint density at radius 3 is 2.50 bits per heavy atom. The first-order chi connectivity index (χ1) is 7.65. The number of benzene rings is 1. The molecule has 16 heavy (non-hydrogen) atoms. The van der Waals surface area contributed by atoms with Crippen molar-refractivity contribution < 1.29 is 8.78 Å². The van der Waals surface area contributed by atoms with Gasteiger partial charge in [-0.25, -0.2) is 18.7 Å². The standard InChI is InChI=1S/C11H9F2N3/c12-7-3-6-9(4-8(7)13)15-11(5-1-2-5)16-10(6)14/h3-5H,1-2H2,(H2,14,15,16). The molecular formula is C11H9F2N3. The Morgan fingerprint density at radius 2 is 1.81 bits per heavy atom. The fourth-order valence-corrected chi connectivity index (χ4v) is 1.69. The third kappa shape index (κ3) is 1.39. The summed E-state index contributed by atoms with van der Waals surface area (Å²) in [5, 5.41) is 0.364. The third-order valence-electron chi connectivity index (χ3n) is 2.73. The minimum absolute atomic E-state index is 0.214. The molecule has 1 fully saturated rings. The molecule has 1 aliphatic carbocycles. The zero-order valence-corrected chi connectivity index (χ0v) is 8.37. The maximum absolute atomic E-state index is 13.1. The van der Waals surface area contributed by atoms with Crippen LogP contribution in [0, 0.1) is 11.6 Å². The summed E-state index contributed by atoms with van der Waals surface area (Å²) in [7, 11) is 0. The lowest BCUT2D eigenvalue weighted by Gasteiger charge is -2.04. The molecule has 1 aromatic carbocycles. The molecule has 0 radical (unpaired) electrons. The molecule has 0 spiro atoms. The first kappa shape index (κ1) is 9.45. The van der Waals surface area contributed by atoms with Gasteiger partial charge in [-0.15, -0.1) is 0 Å². The van der Waals surface area contributed by atoms with Gasteiger partial charge >= 0.3 is 0 Å². The average molecular weight is 221 g/mol. The largest absolute Gasteiger partial charge is 0.383 e. The van der Waals surface area contributed by atoms with Crippen LogP contribution in [0.1, 0.15) is 24.6 Å². The summed E-state index contributed by atoms with van der Waals surface area (Å²) in [6.07, 6.45) is 2.07. The van der Waals surface area contributed by atoms with Gasteiger partial charge in [0.2, 0.25) is 0 Å². The lowest BCUT2D eigenvalue weighted by Crippen LogP contribution is -2.01. The van der Waals surface area contributed by atoms with Gasteiger partial charge in [0.15, 0.2) is 11.6 Å². The van der Waals surface area contributed by atoms with Crippen LogP contribution >= 0.6 is 0 Å². The third-order valence-corrected chi connectivity index (χ3v) is 2.73. The van der Waals surface area contributed by atoms with Crippen LogP contribution in [-0.4, -0.2) is 9.97 Å². The highest BCUT2D eigenvalue weighted by atomic mass is 19.2. The van der Waals surface area contributed by atoms with Gasteiger partial charge in [0.25, 0.3) is 0 Å². The number of hydrogen-bond donors (Lipinski definition) is 1. The molecule has 0 amide bonds. The fourth-order valence-electron chi connectivity index (χ4n) is 1.69. The predicted octanol–water partition coefficient (Wildman–Crippen LogP) is 2.37. The van der Waals surface area contributed by atoms with Gasteiger partial charge in [-0.05, 0) is 18.9 Å². The van der Waals surface area contributed by atoms with E-state index < -0.39 is 11.6 Å². The second-order valence-electron chi connectivity index (χ2n) is 4.02. The van der Waals surface area contributed by atoms with Crippen molar-refractivity contribution in [3.8, 4) is 0 Å². The van der Waals surface area contributed by atoms with E-state index in [1.165, 1.54) is 0 Å². The Hall–Kier alpha value is -1.78. The number of hydrogen-bond acceptors (Lipinski definition) is 3. The maximum atomic E-state index is 13.1. The van der Waals surface area contributed by atoms with Crippen LogP contribution in [0.15, 0.2) is 12.1 Å². The number of nitrogens with zero attached hydrogens (tertiary/aromatic N) is 2. The highest BCUT2D eigenvalue weighted by Crippen LogP contribution is 2.39. The maximum Gasteiger partial charge on any atom is 0.161 e. The van der Waals surface area contributed by atoms with Crippen LogP contribution in [0.25, 0.3) is 10.9 Å². The van der Waals surface area contributed by atoms with E-state index in [0.29, 0.717) is 22.6 Å². The van der Waals surface area contributed by atoms with E-state index in [1.54, 1.807) is 0 Å². The number of nitrogens with two attached hydrogens (primary N) is 1. The van der Waals surface area contributed by atoms with E-state index in [-0.39, 0.29) is 5.82 Å². The molecule has 1 heterocycles. The number of halogens is 2. The van der Waals surface area contributed by atoms with Gasteiger partial charge in [-0.1, -0.05) is 0 Å². The quantitative estimate of drug-likeness (QED) is 0.804. The van der Waals surface area contributed by atoms with Crippen molar-refractivity contribution in [2.24, 2.45) is 0 Å². The monoisotopic (exact) mass is 221 g/mol. The van der Waals surface area contributed by atoms with E-state index in [0.717, 1.165) is 25.0 Å². The van der Waals surface area contributed by atoms with E-state index in [4.69, 9.17) is 5.73 Å². The Bertz CT molecular complexity index is 579. The molecule has 1 saturated carbocycles. The summed E-state index contributed by atoms with van der Waals surface area (Å²) in [5.41, 5.74) is 6.07. The molecule has 0 saturated heterocycles. The summed E-state index contributed by atoms with van der Waals surface area (Å²) in [6, 6.07) is 2.10. The van der Waals surface area contributed by atoms with Crippen molar-refractivity contribution in [1.29, 1.82) is 0 Å². The van der Waals surface area contributed by atoms with Gasteiger partial charge in [0.05, 0.1) is 5.52 Å². The van der Waals surface area contributed by atoms with Crippen molar-refractivity contribution in [3.05, 3.63) is 29.6 Å². The smallest absolute Gasteiger partial charge is 0.161 e. The van der Waals surface area contributed by atoms with Crippen LogP contribution in [0.2, 0.25) is 0 Å². The summed E-state index contributed by atoms with van der Waals surface area (Å²) in [6.45, 7) is 0. The van der Waals surface area contributed by atoms with Gasteiger partial charge in [0.1, 0.15) is 11.6 Å². The van der Waals surface area contributed by atoms with Crippen molar-refractivity contribution in [1.82, 2.24) is 9.97 Å². The van der Waals surface area contributed by atoms with Crippen LogP contribution in [-0.2, 0) is 0 Å². The average Bonchev–Trinajstić information content (AvgIpc) is 3.04. The molecule has 1 aliphatic rings. The van der Waals surface area contributed by atoms with Crippen LogP contribution in [0.4, 0.5) is 14.6 Å². The SMILES string of the molecule is Nc1nc(C2CC2)nc2cc(F)c(F)cc12. The lowest BCUT2D eigenvalue weighted by atomic mass is 10.2. The number of rotatable bonds is 1. The number of fused-ring (bicyclic) bond motifs is 1. The summed E-state index contributed by atoms with van der Waals surface area (Å²) >= 11 is 0. The first-order valence-electron chi connectivity index (χ1n) is 5.07. The van der Waals surface area contributed by atoms with Crippen molar-refractivity contribution >= 4 is 16.7 Å². The van der Waals surface area contributed by atoms with Gasteiger partial charge < -0.3 is 5.73 Å². The first-order valence-corrected chi connectivity index (χ1v) is 5.07. The van der Waals surface area contributed by atoms with E-state index in [9.17, 15) is 8.78 Å². The van der Waals surface area contributed by atoms with Crippen LogP contribution < -0.4 is 5.73 Å². The molecule has 5 heteroatoms. The second-order valence-corrected chi connectivity index (χ2v) is 4.02. The van der Waals surface area contributed by atoms with Crippen molar-refractivity contribution in [2.75, 3.05) is 5.73 Å². The van der Waals surface area contributed by atoms with E-state index in [1.807, 2.05) is 0 Å². The molecule has 0 atom stereocenters. The number of nitrogen functional groups attached to an aromatic ring is 1. The molecule has 82 valence electrons. The van der Waals surface area contributed by atoms with Gasteiger partial charge in [-0.3, -0.25) is 0 Å². The van der Waals surface area contributed by atoms with E-state index >= 15 is 0 Å². The summed E-state index contributed by atoms with van der Waals surface area (Å²) in [4.78, 5) is 8.31. The molecule has 3 rings (SSSR count). The molecule has 2 N–H and O–H groups in total. The fraction of sp³-hybridized carbons (Fsp3) is 0.273. The minimum Gasteiger partial charge on any atom is -0.383 e. The summed E-state index contributed by atoms with van der Waals surface area (Å²) in [5.74, 6) is -0.657. The zero-order valence-electron chi connectivity index (χ0n) is 8.37. The molecule has 0 aliphatic heterocycles. The molecular weight excluding hydrogens is 212 g/mol. The Balaban J connectivity index is 2.28. The lowest BCUT2D eigenvalue weighted by molar-refractivity contribution is 0.510. The van der Waals surface area contributed by atoms with Crippen molar-refractivity contribution in [2.45, 2.75) is 18.8 Å². The number of aromatic nitrogens is 2. The van der Waals surface area contributed by atoms with E-state index in [2.05, 4.69) is 9.97 Å².